The Morgan fingerprint density at radius 2 is 2.12 bits per heavy atom. The molecule has 1 aliphatic rings. The van der Waals surface area contributed by atoms with Crippen LogP contribution >= 0.6 is 0 Å². The van der Waals surface area contributed by atoms with Gasteiger partial charge in [-0.15, -0.1) is 0 Å². The van der Waals surface area contributed by atoms with Crippen molar-refractivity contribution in [3.8, 4) is 5.75 Å². The topological polar surface area (TPSA) is 30.5 Å². The van der Waals surface area contributed by atoms with Crippen molar-refractivity contribution >= 4 is 0 Å². The van der Waals surface area contributed by atoms with Gasteiger partial charge in [-0.3, -0.25) is 0 Å². The maximum Gasteiger partial charge on any atom is 0.189 e. The quantitative estimate of drug-likeness (QED) is 0.566. The molecule has 0 saturated heterocycles. The Hall–Kier alpha value is -1.06. The maximum atomic E-state index is 5.57. The average Bonchev–Trinajstić information content (AvgIpc) is 3.12. The predicted molar refractivity (Wildman–Crippen MR) is 63.4 cm³/mol. The summed E-state index contributed by atoms with van der Waals surface area (Å²) in [5.41, 5.74) is 1.20. The molecule has 1 N–H and O–H groups in total. The second kappa shape index (κ2) is 5.87. The average molecular weight is 221 g/mol. The van der Waals surface area contributed by atoms with Gasteiger partial charge < -0.3 is 14.8 Å². The molecule has 1 aliphatic carbocycles. The zero-order valence-corrected chi connectivity index (χ0v) is 9.74. The summed E-state index contributed by atoms with van der Waals surface area (Å²) in [5, 5.41) is 3.48. The van der Waals surface area contributed by atoms with Gasteiger partial charge in [0.2, 0.25) is 0 Å². The SMILES string of the molecule is CCOCOc1ccccc1CNC1CC1. The van der Waals surface area contributed by atoms with Crippen LogP contribution < -0.4 is 10.1 Å². The Labute approximate surface area is 96.8 Å². The Morgan fingerprint density at radius 3 is 2.88 bits per heavy atom. The second-order valence-corrected chi connectivity index (χ2v) is 4.02. The van der Waals surface area contributed by atoms with E-state index in [1.165, 1.54) is 18.4 Å². The Balaban J connectivity index is 1.87. The molecule has 0 bridgehead atoms. The maximum absolute atomic E-state index is 5.57. The van der Waals surface area contributed by atoms with Crippen LogP contribution in [0.1, 0.15) is 25.3 Å². The van der Waals surface area contributed by atoms with E-state index in [1.54, 1.807) is 0 Å². The molecule has 1 saturated carbocycles. The van der Waals surface area contributed by atoms with E-state index in [2.05, 4.69) is 11.4 Å². The molecular formula is C13H19NO2. The summed E-state index contributed by atoms with van der Waals surface area (Å²) in [7, 11) is 0. The molecule has 0 aliphatic heterocycles. The third kappa shape index (κ3) is 3.51. The molecule has 0 amide bonds. The van der Waals surface area contributed by atoms with Gasteiger partial charge in [0.15, 0.2) is 6.79 Å². The molecule has 1 aromatic carbocycles. The van der Waals surface area contributed by atoms with Crippen molar-refractivity contribution in [3.63, 3.8) is 0 Å². The molecule has 3 nitrogen and oxygen atoms in total. The summed E-state index contributed by atoms with van der Waals surface area (Å²) in [6.07, 6.45) is 2.62. The first-order valence-corrected chi connectivity index (χ1v) is 5.92. The van der Waals surface area contributed by atoms with Crippen molar-refractivity contribution in [3.05, 3.63) is 29.8 Å². The summed E-state index contributed by atoms with van der Waals surface area (Å²) in [6.45, 7) is 3.86. The van der Waals surface area contributed by atoms with Crippen molar-refractivity contribution in [2.45, 2.75) is 32.4 Å². The lowest BCUT2D eigenvalue weighted by Crippen LogP contribution is -2.16. The monoisotopic (exact) mass is 221 g/mol. The van der Waals surface area contributed by atoms with Crippen LogP contribution in [0.5, 0.6) is 5.75 Å². The third-order valence-electron chi connectivity index (χ3n) is 2.63. The number of benzene rings is 1. The molecule has 0 heterocycles. The van der Waals surface area contributed by atoms with E-state index >= 15 is 0 Å². The molecule has 88 valence electrons. The molecule has 2 rings (SSSR count). The van der Waals surface area contributed by atoms with Gasteiger partial charge in [-0.1, -0.05) is 18.2 Å². The van der Waals surface area contributed by atoms with Gasteiger partial charge in [-0.05, 0) is 25.8 Å². The fraction of sp³-hybridized carbons (Fsp3) is 0.538. The van der Waals surface area contributed by atoms with Crippen LogP contribution in [0.3, 0.4) is 0 Å². The minimum atomic E-state index is 0.330. The van der Waals surface area contributed by atoms with Gasteiger partial charge >= 0.3 is 0 Å². The second-order valence-electron chi connectivity index (χ2n) is 4.02. The molecule has 3 heteroatoms. The van der Waals surface area contributed by atoms with Crippen molar-refractivity contribution in [2.24, 2.45) is 0 Å². The molecule has 0 atom stereocenters. The highest BCUT2D eigenvalue weighted by molar-refractivity contribution is 5.33. The van der Waals surface area contributed by atoms with Crippen molar-refractivity contribution in [2.75, 3.05) is 13.4 Å². The molecule has 1 aromatic rings. The summed E-state index contributed by atoms with van der Waals surface area (Å²) < 4.78 is 10.8. The highest BCUT2D eigenvalue weighted by atomic mass is 16.7. The molecule has 1 fully saturated rings. The highest BCUT2D eigenvalue weighted by Gasteiger charge is 2.20. The lowest BCUT2D eigenvalue weighted by molar-refractivity contribution is 0.0218. The molecule has 16 heavy (non-hydrogen) atoms. The lowest BCUT2D eigenvalue weighted by Gasteiger charge is -2.11. The van der Waals surface area contributed by atoms with E-state index in [-0.39, 0.29) is 0 Å². The Bertz CT molecular complexity index is 323. The summed E-state index contributed by atoms with van der Waals surface area (Å²) in [5.74, 6) is 0.920. The van der Waals surface area contributed by atoms with Crippen LogP contribution in [0.25, 0.3) is 0 Å². The normalized spacial score (nSPS) is 15.1. The molecule has 0 aromatic heterocycles. The largest absolute Gasteiger partial charge is 0.467 e. The van der Waals surface area contributed by atoms with E-state index < -0.39 is 0 Å². The van der Waals surface area contributed by atoms with E-state index in [0.717, 1.165) is 18.3 Å². The summed E-state index contributed by atoms with van der Waals surface area (Å²) in [6, 6.07) is 8.83. The van der Waals surface area contributed by atoms with Gasteiger partial charge in [0.25, 0.3) is 0 Å². The summed E-state index contributed by atoms with van der Waals surface area (Å²) >= 11 is 0. The Morgan fingerprint density at radius 1 is 1.31 bits per heavy atom. The fourth-order valence-electron chi connectivity index (χ4n) is 1.52. The molecule has 0 radical (unpaired) electrons. The van der Waals surface area contributed by atoms with Crippen LogP contribution in [0, 0.1) is 0 Å². The lowest BCUT2D eigenvalue weighted by atomic mass is 10.2. The van der Waals surface area contributed by atoms with Crippen LogP contribution in [0.4, 0.5) is 0 Å². The van der Waals surface area contributed by atoms with Crippen LogP contribution in [-0.4, -0.2) is 19.4 Å². The first-order chi connectivity index (χ1) is 7.90. The van der Waals surface area contributed by atoms with Crippen LogP contribution in [0.15, 0.2) is 24.3 Å². The Kier molecular flexibility index (Phi) is 4.19. The third-order valence-corrected chi connectivity index (χ3v) is 2.63. The van der Waals surface area contributed by atoms with Gasteiger partial charge in [0.1, 0.15) is 5.75 Å². The van der Waals surface area contributed by atoms with Gasteiger partial charge in [0.05, 0.1) is 0 Å². The molecule has 0 unspecified atom stereocenters. The van der Waals surface area contributed by atoms with Gasteiger partial charge in [0, 0.05) is 24.8 Å². The van der Waals surface area contributed by atoms with Crippen molar-refractivity contribution in [1.29, 1.82) is 0 Å². The number of nitrogens with one attached hydrogen (secondary N) is 1. The van der Waals surface area contributed by atoms with Crippen LogP contribution in [0.2, 0.25) is 0 Å². The zero-order valence-electron chi connectivity index (χ0n) is 9.74. The molecule has 0 spiro atoms. The van der Waals surface area contributed by atoms with E-state index in [4.69, 9.17) is 9.47 Å². The zero-order chi connectivity index (χ0) is 11.2. The van der Waals surface area contributed by atoms with Crippen LogP contribution in [-0.2, 0) is 11.3 Å². The summed E-state index contributed by atoms with van der Waals surface area (Å²) in [4.78, 5) is 0. The highest BCUT2D eigenvalue weighted by Crippen LogP contribution is 2.22. The van der Waals surface area contributed by atoms with Crippen molar-refractivity contribution in [1.82, 2.24) is 5.32 Å². The number of hydrogen-bond acceptors (Lipinski definition) is 3. The predicted octanol–water partition coefficient (Wildman–Crippen LogP) is 2.31. The minimum absolute atomic E-state index is 0.330. The standard InChI is InChI=1S/C13H19NO2/c1-2-15-10-16-13-6-4-3-5-11(13)9-14-12-7-8-12/h3-6,12,14H,2,7-10H2,1H3. The van der Waals surface area contributed by atoms with E-state index in [1.807, 2.05) is 25.1 Å². The van der Waals surface area contributed by atoms with Gasteiger partial charge in [-0.25, -0.2) is 0 Å². The first kappa shape index (κ1) is 11.4. The van der Waals surface area contributed by atoms with Gasteiger partial charge in [-0.2, -0.15) is 0 Å². The smallest absolute Gasteiger partial charge is 0.189 e. The van der Waals surface area contributed by atoms with Crippen molar-refractivity contribution < 1.29 is 9.47 Å². The fourth-order valence-corrected chi connectivity index (χ4v) is 1.52. The number of ether oxygens (including phenoxy) is 2. The minimum Gasteiger partial charge on any atom is -0.467 e. The first-order valence-electron chi connectivity index (χ1n) is 5.92. The molecular weight excluding hydrogens is 202 g/mol. The number of para-hydroxylation sites is 1. The number of hydrogen-bond donors (Lipinski definition) is 1. The van der Waals surface area contributed by atoms with E-state index in [0.29, 0.717) is 13.4 Å². The van der Waals surface area contributed by atoms with E-state index in [9.17, 15) is 0 Å². The number of rotatable bonds is 7.